The molecule has 96 valence electrons. The SMILES string of the molecule is CCCn1ccnc(NCC(Cl)COC)c1=O. The Morgan fingerprint density at radius 1 is 1.65 bits per heavy atom. The summed E-state index contributed by atoms with van der Waals surface area (Å²) in [6.07, 6.45) is 4.20. The molecule has 0 radical (unpaired) electrons. The first-order chi connectivity index (χ1) is 8.19. The maximum Gasteiger partial charge on any atom is 0.293 e. The highest BCUT2D eigenvalue weighted by atomic mass is 35.5. The number of ether oxygens (including phenoxy) is 1. The lowest BCUT2D eigenvalue weighted by molar-refractivity contribution is 0.200. The predicted molar refractivity (Wildman–Crippen MR) is 68.8 cm³/mol. The standard InChI is InChI=1S/C11H18ClN3O2/c1-3-5-15-6-4-13-10(11(15)16)14-7-9(12)8-17-2/h4,6,9H,3,5,7-8H2,1-2H3,(H,13,14). The van der Waals surface area contributed by atoms with Gasteiger partial charge in [-0.25, -0.2) is 4.98 Å². The average molecular weight is 260 g/mol. The van der Waals surface area contributed by atoms with E-state index in [-0.39, 0.29) is 10.9 Å². The largest absolute Gasteiger partial charge is 0.383 e. The fourth-order valence-electron chi connectivity index (χ4n) is 1.43. The molecule has 5 nitrogen and oxygen atoms in total. The number of alkyl halides is 1. The van der Waals surface area contributed by atoms with Gasteiger partial charge in [-0.2, -0.15) is 0 Å². The summed E-state index contributed by atoms with van der Waals surface area (Å²) in [5, 5.41) is 2.76. The van der Waals surface area contributed by atoms with Crippen molar-refractivity contribution in [1.82, 2.24) is 9.55 Å². The van der Waals surface area contributed by atoms with Crippen molar-refractivity contribution in [1.29, 1.82) is 0 Å². The van der Waals surface area contributed by atoms with Crippen LogP contribution in [0.15, 0.2) is 17.2 Å². The maximum atomic E-state index is 11.9. The van der Waals surface area contributed by atoms with Crippen molar-refractivity contribution in [3.63, 3.8) is 0 Å². The molecular weight excluding hydrogens is 242 g/mol. The van der Waals surface area contributed by atoms with E-state index in [0.29, 0.717) is 25.5 Å². The minimum absolute atomic E-state index is 0.115. The monoisotopic (exact) mass is 259 g/mol. The van der Waals surface area contributed by atoms with Gasteiger partial charge in [0.1, 0.15) is 0 Å². The number of rotatable bonds is 7. The van der Waals surface area contributed by atoms with Crippen molar-refractivity contribution in [2.45, 2.75) is 25.3 Å². The Hall–Kier alpha value is -1.07. The molecule has 0 aliphatic heterocycles. The van der Waals surface area contributed by atoms with Gasteiger partial charge in [-0.15, -0.1) is 11.6 Å². The second-order valence-electron chi connectivity index (χ2n) is 3.71. The second-order valence-corrected chi connectivity index (χ2v) is 4.33. The van der Waals surface area contributed by atoms with Gasteiger partial charge in [-0.05, 0) is 6.42 Å². The predicted octanol–water partition coefficient (Wildman–Crippen LogP) is 1.32. The summed E-state index contributed by atoms with van der Waals surface area (Å²) in [7, 11) is 1.59. The molecule has 0 bridgehead atoms. The van der Waals surface area contributed by atoms with Crippen molar-refractivity contribution in [3.05, 3.63) is 22.7 Å². The van der Waals surface area contributed by atoms with Gasteiger partial charge in [0.2, 0.25) is 0 Å². The van der Waals surface area contributed by atoms with E-state index in [2.05, 4.69) is 10.3 Å². The summed E-state index contributed by atoms with van der Waals surface area (Å²) in [4.78, 5) is 15.9. The Kier molecular flexibility index (Phi) is 6.00. The lowest BCUT2D eigenvalue weighted by Crippen LogP contribution is -2.27. The van der Waals surface area contributed by atoms with Gasteiger partial charge in [0.05, 0.1) is 12.0 Å². The van der Waals surface area contributed by atoms with Crippen molar-refractivity contribution in [3.8, 4) is 0 Å². The molecule has 6 heteroatoms. The molecule has 1 N–H and O–H groups in total. The average Bonchev–Trinajstić information content (AvgIpc) is 2.31. The number of anilines is 1. The molecule has 1 rings (SSSR count). The summed E-state index contributed by atoms with van der Waals surface area (Å²) in [6.45, 7) is 3.60. The zero-order valence-corrected chi connectivity index (χ0v) is 10.9. The molecule has 0 aromatic carbocycles. The lowest BCUT2D eigenvalue weighted by Gasteiger charge is -2.11. The number of aryl methyl sites for hydroxylation is 1. The summed E-state index contributed by atoms with van der Waals surface area (Å²) in [5.74, 6) is 0.336. The molecule has 0 saturated heterocycles. The van der Waals surface area contributed by atoms with Crippen LogP contribution in [-0.2, 0) is 11.3 Å². The van der Waals surface area contributed by atoms with Crippen LogP contribution >= 0.6 is 11.6 Å². The zero-order valence-electron chi connectivity index (χ0n) is 10.1. The van der Waals surface area contributed by atoms with Gasteiger partial charge in [0.15, 0.2) is 5.82 Å². The Bertz CT molecular complexity index is 395. The second kappa shape index (κ2) is 7.29. The summed E-state index contributed by atoms with van der Waals surface area (Å²) < 4.78 is 6.54. The normalized spacial score (nSPS) is 12.4. The molecule has 0 amide bonds. The highest BCUT2D eigenvalue weighted by Crippen LogP contribution is 1.99. The lowest BCUT2D eigenvalue weighted by atomic mass is 10.4. The fourth-order valence-corrected chi connectivity index (χ4v) is 1.64. The van der Waals surface area contributed by atoms with Gasteiger partial charge in [0.25, 0.3) is 5.56 Å². The van der Waals surface area contributed by atoms with Gasteiger partial charge < -0.3 is 14.6 Å². The van der Waals surface area contributed by atoms with Crippen LogP contribution in [0.3, 0.4) is 0 Å². The van der Waals surface area contributed by atoms with Crippen LogP contribution in [0.2, 0.25) is 0 Å². The third-order valence-corrected chi connectivity index (χ3v) is 2.50. The van der Waals surface area contributed by atoms with E-state index in [1.807, 2.05) is 6.92 Å². The smallest absolute Gasteiger partial charge is 0.293 e. The molecule has 0 saturated carbocycles. The molecule has 0 aliphatic carbocycles. The van der Waals surface area contributed by atoms with Crippen molar-refractivity contribution < 1.29 is 4.74 Å². The van der Waals surface area contributed by atoms with Crippen LogP contribution in [0.5, 0.6) is 0 Å². The number of aromatic nitrogens is 2. The Balaban J connectivity index is 2.65. The van der Waals surface area contributed by atoms with E-state index in [4.69, 9.17) is 16.3 Å². The molecular formula is C11H18ClN3O2. The summed E-state index contributed by atoms with van der Waals surface area (Å²) >= 11 is 5.96. The number of nitrogens with one attached hydrogen (secondary N) is 1. The van der Waals surface area contributed by atoms with Gasteiger partial charge in [-0.1, -0.05) is 6.92 Å². The fraction of sp³-hybridized carbons (Fsp3) is 0.636. The van der Waals surface area contributed by atoms with Crippen LogP contribution in [0.1, 0.15) is 13.3 Å². The highest BCUT2D eigenvalue weighted by Gasteiger charge is 2.07. The summed E-state index contributed by atoms with van der Waals surface area (Å²) in [6, 6.07) is 0. The number of methoxy groups -OCH3 is 1. The first-order valence-corrected chi connectivity index (χ1v) is 6.05. The first-order valence-electron chi connectivity index (χ1n) is 5.61. The zero-order chi connectivity index (χ0) is 12.7. The number of hydrogen-bond donors (Lipinski definition) is 1. The molecule has 17 heavy (non-hydrogen) atoms. The molecule has 0 spiro atoms. The third kappa shape index (κ3) is 4.36. The highest BCUT2D eigenvalue weighted by molar-refractivity contribution is 6.21. The van der Waals surface area contributed by atoms with Gasteiger partial charge in [-0.3, -0.25) is 4.79 Å². The van der Waals surface area contributed by atoms with E-state index in [0.717, 1.165) is 6.42 Å². The van der Waals surface area contributed by atoms with Crippen molar-refractivity contribution >= 4 is 17.4 Å². The Morgan fingerprint density at radius 2 is 2.41 bits per heavy atom. The number of hydrogen-bond acceptors (Lipinski definition) is 4. The third-order valence-electron chi connectivity index (χ3n) is 2.22. The van der Waals surface area contributed by atoms with Crippen LogP contribution in [0, 0.1) is 0 Å². The maximum absolute atomic E-state index is 11.9. The van der Waals surface area contributed by atoms with E-state index < -0.39 is 0 Å². The Labute approximate surface area is 106 Å². The Morgan fingerprint density at radius 3 is 3.06 bits per heavy atom. The molecule has 1 atom stereocenters. The van der Waals surface area contributed by atoms with Gasteiger partial charge >= 0.3 is 0 Å². The number of halogens is 1. The van der Waals surface area contributed by atoms with E-state index in [1.165, 1.54) is 0 Å². The van der Waals surface area contributed by atoms with Gasteiger partial charge in [0, 0.05) is 32.6 Å². The van der Waals surface area contributed by atoms with Crippen LogP contribution in [-0.4, -0.2) is 35.2 Å². The first kappa shape index (κ1) is 14.0. The number of nitrogens with zero attached hydrogens (tertiary/aromatic N) is 2. The van der Waals surface area contributed by atoms with Crippen LogP contribution in [0.25, 0.3) is 0 Å². The topological polar surface area (TPSA) is 56.1 Å². The minimum atomic E-state index is -0.180. The summed E-state index contributed by atoms with van der Waals surface area (Å²) in [5.41, 5.74) is -0.115. The molecule has 1 aromatic heterocycles. The van der Waals surface area contributed by atoms with E-state index in [1.54, 1.807) is 24.1 Å². The molecule has 1 unspecified atom stereocenters. The van der Waals surface area contributed by atoms with Crippen molar-refractivity contribution in [2.75, 3.05) is 25.6 Å². The van der Waals surface area contributed by atoms with Crippen LogP contribution in [0.4, 0.5) is 5.82 Å². The van der Waals surface area contributed by atoms with E-state index >= 15 is 0 Å². The molecule has 0 fully saturated rings. The molecule has 1 heterocycles. The quantitative estimate of drug-likeness (QED) is 0.751. The minimum Gasteiger partial charge on any atom is -0.383 e. The van der Waals surface area contributed by atoms with Crippen LogP contribution < -0.4 is 10.9 Å². The van der Waals surface area contributed by atoms with E-state index in [9.17, 15) is 4.79 Å². The molecule has 0 aliphatic rings. The van der Waals surface area contributed by atoms with Crippen molar-refractivity contribution in [2.24, 2.45) is 0 Å². The molecule has 1 aromatic rings.